The molecule has 1 aromatic carbocycles. The van der Waals surface area contributed by atoms with Gasteiger partial charge in [0.2, 0.25) is 0 Å². The van der Waals surface area contributed by atoms with Crippen LogP contribution in [0.15, 0.2) is 36.9 Å². The number of hydrogen-bond acceptors (Lipinski definition) is 1. The summed E-state index contributed by atoms with van der Waals surface area (Å²) in [4.78, 5) is 7.87. The van der Waals surface area contributed by atoms with Crippen molar-refractivity contribution in [2.24, 2.45) is 0 Å². The van der Waals surface area contributed by atoms with E-state index in [1.165, 1.54) is 10.8 Å². The van der Waals surface area contributed by atoms with E-state index in [0.29, 0.717) is 0 Å². The Bertz CT molecular complexity index is 692. The molecular weight excluding hydrogens is 196 g/mol. The van der Waals surface area contributed by atoms with Gasteiger partial charge in [-0.3, -0.25) is 4.98 Å². The predicted octanol–water partition coefficient (Wildman–Crippen LogP) is 3.67. The van der Waals surface area contributed by atoms with E-state index < -0.39 is 0 Å². The van der Waals surface area contributed by atoms with E-state index in [1.807, 2.05) is 13.0 Å². The van der Waals surface area contributed by atoms with Gasteiger partial charge in [-0.15, -0.1) is 0 Å². The van der Waals surface area contributed by atoms with Gasteiger partial charge in [-0.2, -0.15) is 0 Å². The topological polar surface area (TPSA) is 28.7 Å². The largest absolute Gasteiger partial charge is 0.353 e. The maximum atomic E-state index is 4.47. The third-order valence-corrected chi connectivity index (χ3v) is 2.91. The second-order valence-electron chi connectivity index (χ2n) is 3.93. The third kappa shape index (κ3) is 1.16. The molecule has 0 amide bonds. The number of nitrogens with one attached hydrogen (secondary N) is 1. The van der Waals surface area contributed by atoms with Gasteiger partial charge in [0, 0.05) is 16.3 Å². The summed E-state index contributed by atoms with van der Waals surface area (Å²) in [5.74, 6) is 0. The van der Waals surface area contributed by atoms with Gasteiger partial charge in [0.25, 0.3) is 0 Å². The Balaban J connectivity index is 2.55. The first-order valence-corrected chi connectivity index (χ1v) is 5.30. The van der Waals surface area contributed by atoms with Crippen molar-refractivity contribution >= 4 is 27.9 Å². The van der Waals surface area contributed by atoms with Crippen LogP contribution in [-0.2, 0) is 0 Å². The van der Waals surface area contributed by atoms with E-state index in [1.54, 1.807) is 6.08 Å². The number of rotatable bonds is 1. The minimum atomic E-state index is 0.926. The molecule has 3 rings (SSSR count). The molecule has 78 valence electrons. The molecular formula is C14H12N2. The van der Waals surface area contributed by atoms with Crippen molar-refractivity contribution in [3.8, 4) is 0 Å². The molecule has 0 aliphatic rings. The molecule has 0 aliphatic carbocycles. The highest BCUT2D eigenvalue weighted by atomic mass is 14.8. The van der Waals surface area contributed by atoms with Gasteiger partial charge in [-0.1, -0.05) is 24.8 Å². The zero-order valence-electron chi connectivity index (χ0n) is 9.12. The monoisotopic (exact) mass is 208 g/mol. The lowest BCUT2D eigenvalue weighted by Crippen LogP contribution is -1.86. The average Bonchev–Trinajstić information content (AvgIpc) is 2.68. The van der Waals surface area contributed by atoms with Crippen molar-refractivity contribution in [1.82, 2.24) is 9.97 Å². The first kappa shape index (κ1) is 9.16. The molecule has 2 heterocycles. The van der Waals surface area contributed by atoms with Crippen LogP contribution in [-0.4, -0.2) is 9.97 Å². The van der Waals surface area contributed by atoms with Crippen LogP contribution < -0.4 is 0 Å². The van der Waals surface area contributed by atoms with Gasteiger partial charge in [-0.25, -0.2) is 0 Å². The summed E-state index contributed by atoms with van der Waals surface area (Å²) in [5.41, 5.74) is 4.22. The molecule has 0 spiro atoms. The highest BCUT2D eigenvalue weighted by molar-refractivity contribution is 6.08. The van der Waals surface area contributed by atoms with Crippen molar-refractivity contribution < 1.29 is 0 Å². The van der Waals surface area contributed by atoms with E-state index in [-0.39, 0.29) is 0 Å². The Labute approximate surface area is 93.6 Å². The molecule has 0 saturated carbocycles. The van der Waals surface area contributed by atoms with Crippen molar-refractivity contribution in [2.75, 3.05) is 0 Å². The number of aromatic nitrogens is 2. The summed E-state index contributed by atoms with van der Waals surface area (Å²) in [6.07, 6.45) is 1.79. The predicted molar refractivity (Wildman–Crippen MR) is 68.4 cm³/mol. The Morgan fingerprint density at radius 3 is 2.88 bits per heavy atom. The van der Waals surface area contributed by atoms with Crippen LogP contribution in [0.2, 0.25) is 0 Å². The SMILES string of the molecule is C=Cc1cc2c([nH]c3ccccc32)c(C)n1. The first-order valence-electron chi connectivity index (χ1n) is 5.30. The smallest absolute Gasteiger partial charge is 0.0681 e. The number of nitrogens with zero attached hydrogens (tertiary/aromatic N) is 1. The number of para-hydroxylation sites is 1. The summed E-state index contributed by atoms with van der Waals surface area (Å²) in [7, 11) is 0. The summed E-state index contributed by atoms with van der Waals surface area (Å²) < 4.78 is 0. The van der Waals surface area contributed by atoms with Gasteiger partial charge in [0.1, 0.15) is 0 Å². The Kier molecular flexibility index (Phi) is 1.83. The number of aromatic amines is 1. The molecule has 3 aromatic rings. The summed E-state index contributed by atoms with van der Waals surface area (Å²) in [6.45, 7) is 5.79. The zero-order valence-corrected chi connectivity index (χ0v) is 9.12. The number of H-pyrrole nitrogens is 1. The van der Waals surface area contributed by atoms with Gasteiger partial charge >= 0.3 is 0 Å². The van der Waals surface area contributed by atoms with Gasteiger partial charge in [0.15, 0.2) is 0 Å². The molecule has 0 fully saturated rings. The van der Waals surface area contributed by atoms with Crippen LogP contribution in [0, 0.1) is 6.92 Å². The van der Waals surface area contributed by atoms with E-state index >= 15 is 0 Å². The minimum Gasteiger partial charge on any atom is -0.353 e. The highest BCUT2D eigenvalue weighted by Gasteiger charge is 2.07. The Hall–Kier alpha value is -2.09. The van der Waals surface area contributed by atoms with E-state index in [2.05, 4.69) is 40.8 Å². The van der Waals surface area contributed by atoms with Gasteiger partial charge in [0.05, 0.1) is 16.9 Å². The molecule has 2 heteroatoms. The van der Waals surface area contributed by atoms with E-state index in [0.717, 1.165) is 22.4 Å². The molecule has 0 unspecified atom stereocenters. The molecule has 0 radical (unpaired) electrons. The highest BCUT2D eigenvalue weighted by Crippen LogP contribution is 2.27. The number of fused-ring (bicyclic) bond motifs is 3. The molecule has 2 aromatic heterocycles. The second-order valence-corrected chi connectivity index (χ2v) is 3.93. The molecule has 0 atom stereocenters. The van der Waals surface area contributed by atoms with Crippen LogP contribution in [0.25, 0.3) is 27.9 Å². The first-order chi connectivity index (χ1) is 7.79. The number of pyridine rings is 1. The lowest BCUT2D eigenvalue weighted by Gasteiger charge is -1.98. The molecule has 1 N–H and O–H groups in total. The molecule has 0 saturated heterocycles. The zero-order chi connectivity index (χ0) is 11.1. The van der Waals surface area contributed by atoms with Gasteiger partial charge < -0.3 is 4.98 Å². The van der Waals surface area contributed by atoms with E-state index in [9.17, 15) is 0 Å². The summed E-state index contributed by atoms with van der Waals surface area (Å²) >= 11 is 0. The summed E-state index contributed by atoms with van der Waals surface area (Å²) in [5, 5.41) is 2.46. The Morgan fingerprint density at radius 1 is 1.25 bits per heavy atom. The maximum Gasteiger partial charge on any atom is 0.0681 e. The average molecular weight is 208 g/mol. The Morgan fingerprint density at radius 2 is 2.06 bits per heavy atom. The standard InChI is InChI=1S/C14H12N2/c1-3-10-8-12-11-6-4-5-7-13(11)16-14(12)9(2)15-10/h3-8,16H,1H2,2H3. The molecule has 2 nitrogen and oxygen atoms in total. The van der Waals surface area contributed by atoms with Gasteiger partial charge in [-0.05, 0) is 25.1 Å². The molecule has 16 heavy (non-hydrogen) atoms. The summed E-state index contributed by atoms with van der Waals surface area (Å²) in [6, 6.07) is 10.4. The fourth-order valence-corrected chi connectivity index (χ4v) is 2.13. The van der Waals surface area contributed by atoms with Crippen LogP contribution in [0.5, 0.6) is 0 Å². The van der Waals surface area contributed by atoms with Crippen LogP contribution in [0.4, 0.5) is 0 Å². The fraction of sp³-hybridized carbons (Fsp3) is 0.0714. The van der Waals surface area contributed by atoms with Crippen molar-refractivity contribution in [3.05, 3.63) is 48.3 Å². The molecule has 0 bridgehead atoms. The van der Waals surface area contributed by atoms with Crippen molar-refractivity contribution in [3.63, 3.8) is 0 Å². The normalized spacial score (nSPS) is 11.1. The van der Waals surface area contributed by atoms with Crippen molar-refractivity contribution in [2.45, 2.75) is 6.92 Å². The third-order valence-electron chi connectivity index (χ3n) is 2.91. The van der Waals surface area contributed by atoms with Crippen LogP contribution in [0.1, 0.15) is 11.4 Å². The lowest BCUT2D eigenvalue weighted by molar-refractivity contribution is 1.20. The number of hydrogen-bond donors (Lipinski definition) is 1. The van der Waals surface area contributed by atoms with Crippen LogP contribution in [0.3, 0.4) is 0 Å². The van der Waals surface area contributed by atoms with Crippen LogP contribution >= 0.6 is 0 Å². The minimum absolute atomic E-state index is 0.926. The van der Waals surface area contributed by atoms with Crippen molar-refractivity contribution in [1.29, 1.82) is 0 Å². The molecule has 0 aliphatic heterocycles. The second kappa shape index (κ2) is 3.20. The lowest BCUT2D eigenvalue weighted by atomic mass is 10.1. The van der Waals surface area contributed by atoms with E-state index in [4.69, 9.17) is 0 Å². The fourth-order valence-electron chi connectivity index (χ4n) is 2.13. The quantitative estimate of drug-likeness (QED) is 0.649. The number of aryl methyl sites for hydroxylation is 1. The number of benzene rings is 1. The maximum absolute atomic E-state index is 4.47.